The zero-order valence-corrected chi connectivity index (χ0v) is 13.2. The van der Waals surface area contributed by atoms with Gasteiger partial charge in [0.15, 0.2) is 0 Å². The second-order valence-electron chi connectivity index (χ2n) is 5.23. The summed E-state index contributed by atoms with van der Waals surface area (Å²) in [7, 11) is 1.63. The number of carboxylic acid groups (broad SMARTS) is 1. The van der Waals surface area contributed by atoms with Crippen LogP contribution in [0.1, 0.15) is 13.0 Å². The molecule has 2 aromatic carbocycles. The molecule has 1 aromatic heterocycles. The van der Waals surface area contributed by atoms with E-state index in [4.69, 9.17) is 4.74 Å². The molecule has 0 bridgehead atoms. The third-order valence-corrected chi connectivity index (χ3v) is 3.68. The Morgan fingerprint density at radius 3 is 2.12 bits per heavy atom. The van der Waals surface area contributed by atoms with Gasteiger partial charge < -0.3 is 14.6 Å². The number of carbonyl (C=O) groups excluding carboxylic acids is 1. The molecule has 24 heavy (non-hydrogen) atoms. The molecule has 0 aliphatic carbocycles. The maximum Gasteiger partial charge on any atom is 0.204 e. The molecule has 0 aliphatic heterocycles. The second-order valence-corrected chi connectivity index (χ2v) is 5.23. The molecule has 0 saturated carbocycles. The average Bonchev–Trinajstić information content (AvgIpc) is 3.11. The number of hydrogen-bond acceptors (Lipinski definition) is 6. The Morgan fingerprint density at radius 1 is 1.04 bits per heavy atom. The number of aliphatic carboxylic acids is 1. The Labute approximate surface area is 138 Å². The van der Waals surface area contributed by atoms with Gasteiger partial charge in [0.25, 0.3) is 0 Å². The number of nitrogens with zero attached hydrogens (tertiary/aromatic N) is 4. The minimum absolute atomic E-state index is 0.365. The third kappa shape index (κ3) is 3.10. The average molecular weight is 323 g/mol. The van der Waals surface area contributed by atoms with Gasteiger partial charge in [-0.2, -0.15) is 4.80 Å². The number of tetrazole rings is 1. The van der Waals surface area contributed by atoms with E-state index in [9.17, 15) is 9.90 Å². The summed E-state index contributed by atoms with van der Waals surface area (Å²) in [5.41, 5.74) is 2.85. The van der Waals surface area contributed by atoms with Crippen LogP contribution in [-0.4, -0.2) is 33.3 Å². The predicted octanol–water partition coefficient (Wildman–Crippen LogP) is 1.33. The maximum absolute atomic E-state index is 10.8. The normalized spacial score (nSPS) is 11.9. The molecule has 0 unspecified atom stereocenters. The van der Waals surface area contributed by atoms with E-state index >= 15 is 0 Å². The highest BCUT2D eigenvalue weighted by Crippen LogP contribution is 2.24. The highest BCUT2D eigenvalue weighted by atomic mass is 16.5. The zero-order valence-electron chi connectivity index (χ0n) is 13.2. The van der Waals surface area contributed by atoms with Gasteiger partial charge in [-0.1, -0.05) is 36.4 Å². The molecule has 0 amide bonds. The summed E-state index contributed by atoms with van der Waals surface area (Å²) in [5, 5.41) is 22.6. The van der Waals surface area contributed by atoms with Crippen molar-refractivity contribution < 1.29 is 14.6 Å². The summed E-state index contributed by atoms with van der Waals surface area (Å²) in [6.07, 6.45) is 0. The first kappa shape index (κ1) is 15.7. The predicted molar refractivity (Wildman–Crippen MR) is 85.0 cm³/mol. The maximum atomic E-state index is 10.8. The molecule has 0 aliphatic rings. The van der Waals surface area contributed by atoms with E-state index in [1.54, 1.807) is 7.11 Å². The summed E-state index contributed by atoms with van der Waals surface area (Å²) >= 11 is 0. The van der Waals surface area contributed by atoms with Crippen molar-refractivity contribution in [2.24, 2.45) is 0 Å². The Balaban J connectivity index is 1.82. The van der Waals surface area contributed by atoms with Gasteiger partial charge in [0, 0.05) is 5.56 Å². The lowest BCUT2D eigenvalue weighted by molar-refractivity contribution is -0.310. The lowest BCUT2D eigenvalue weighted by Gasteiger charge is -2.09. The molecule has 3 aromatic rings. The highest BCUT2D eigenvalue weighted by molar-refractivity contribution is 5.69. The lowest BCUT2D eigenvalue weighted by atomic mass is 10.0. The molecule has 1 heterocycles. The number of ether oxygens (including phenoxy) is 1. The molecular formula is C17H15N4O3-. The lowest BCUT2D eigenvalue weighted by Crippen LogP contribution is -2.32. The minimum atomic E-state index is -1.26. The topological polar surface area (TPSA) is 93.0 Å². The number of aromatic nitrogens is 4. The SMILES string of the molecule is COc1ccc(-c2ccc(-c3nnn([C@@H](C)C(=O)[O-])n3)cc2)cc1. The summed E-state index contributed by atoms with van der Waals surface area (Å²) < 4.78 is 5.15. The number of methoxy groups -OCH3 is 1. The van der Waals surface area contributed by atoms with Crippen molar-refractivity contribution >= 4 is 5.97 Å². The number of rotatable bonds is 5. The van der Waals surface area contributed by atoms with Crippen LogP contribution in [0.25, 0.3) is 22.5 Å². The van der Waals surface area contributed by atoms with Crippen LogP contribution in [-0.2, 0) is 4.79 Å². The molecule has 3 rings (SSSR count). The monoisotopic (exact) mass is 323 g/mol. The van der Waals surface area contributed by atoms with E-state index in [0.717, 1.165) is 27.2 Å². The first-order valence-corrected chi connectivity index (χ1v) is 7.33. The van der Waals surface area contributed by atoms with Crippen LogP contribution in [0, 0.1) is 0 Å². The van der Waals surface area contributed by atoms with Crippen molar-refractivity contribution in [3.05, 3.63) is 48.5 Å². The summed E-state index contributed by atoms with van der Waals surface area (Å²) in [5.74, 6) is -0.0867. The van der Waals surface area contributed by atoms with Gasteiger partial charge in [0.1, 0.15) is 11.8 Å². The van der Waals surface area contributed by atoms with Gasteiger partial charge >= 0.3 is 0 Å². The van der Waals surface area contributed by atoms with E-state index in [0.29, 0.717) is 5.82 Å². The van der Waals surface area contributed by atoms with E-state index in [1.807, 2.05) is 48.5 Å². The standard InChI is InChI=1S/C17H16N4O3/c1-11(17(22)23)21-19-16(18-20-21)14-5-3-12(4-6-14)13-7-9-15(24-2)10-8-13/h3-11H,1-2H3,(H,22,23)/p-1/t11-/m0/s1. The van der Waals surface area contributed by atoms with E-state index < -0.39 is 12.0 Å². The summed E-state index contributed by atoms with van der Waals surface area (Å²) in [6, 6.07) is 14.4. The molecule has 122 valence electrons. The quantitative estimate of drug-likeness (QED) is 0.703. The number of benzene rings is 2. The number of carboxylic acids is 1. The van der Waals surface area contributed by atoms with Crippen molar-refractivity contribution in [2.75, 3.05) is 7.11 Å². The van der Waals surface area contributed by atoms with Crippen molar-refractivity contribution in [2.45, 2.75) is 13.0 Å². The van der Waals surface area contributed by atoms with Gasteiger partial charge in [0.2, 0.25) is 5.82 Å². The van der Waals surface area contributed by atoms with Crippen LogP contribution in [0.4, 0.5) is 0 Å². The molecular weight excluding hydrogens is 308 g/mol. The molecule has 7 nitrogen and oxygen atoms in total. The third-order valence-electron chi connectivity index (χ3n) is 3.68. The van der Waals surface area contributed by atoms with Gasteiger partial charge in [-0.25, -0.2) is 0 Å². The van der Waals surface area contributed by atoms with Crippen molar-refractivity contribution in [3.63, 3.8) is 0 Å². The Bertz CT molecular complexity index is 841. The molecule has 1 atom stereocenters. The number of carbonyl (C=O) groups is 1. The Kier molecular flexibility index (Phi) is 4.24. The largest absolute Gasteiger partial charge is 0.548 e. The van der Waals surface area contributed by atoms with Gasteiger partial charge in [0.05, 0.1) is 13.1 Å². The fraction of sp³-hybridized carbons (Fsp3) is 0.176. The summed E-state index contributed by atoms with van der Waals surface area (Å²) in [6.45, 7) is 1.44. The molecule has 0 radical (unpaired) electrons. The molecule has 0 spiro atoms. The first-order chi connectivity index (χ1) is 11.6. The van der Waals surface area contributed by atoms with Crippen LogP contribution >= 0.6 is 0 Å². The van der Waals surface area contributed by atoms with Crippen LogP contribution in [0.2, 0.25) is 0 Å². The summed E-state index contributed by atoms with van der Waals surface area (Å²) in [4.78, 5) is 11.9. The van der Waals surface area contributed by atoms with Gasteiger partial charge in [-0.05, 0) is 35.4 Å². The number of hydrogen-bond donors (Lipinski definition) is 0. The molecule has 0 fully saturated rings. The van der Waals surface area contributed by atoms with Gasteiger partial charge in [-0.3, -0.25) is 0 Å². The molecule has 0 N–H and O–H groups in total. The fourth-order valence-electron chi connectivity index (χ4n) is 2.19. The zero-order chi connectivity index (χ0) is 17.1. The molecule has 7 heteroatoms. The van der Waals surface area contributed by atoms with Gasteiger partial charge in [-0.15, -0.1) is 10.2 Å². The molecule has 0 saturated heterocycles. The fourth-order valence-corrected chi connectivity index (χ4v) is 2.19. The van der Waals surface area contributed by atoms with Crippen LogP contribution in [0.3, 0.4) is 0 Å². The second kappa shape index (κ2) is 6.49. The van der Waals surface area contributed by atoms with Crippen LogP contribution in [0.5, 0.6) is 5.75 Å². The van der Waals surface area contributed by atoms with Crippen LogP contribution in [0.15, 0.2) is 48.5 Å². The Hall–Kier alpha value is -3.22. The van der Waals surface area contributed by atoms with Crippen LogP contribution < -0.4 is 9.84 Å². The highest BCUT2D eigenvalue weighted by Gasteiger charge is 2.12. The van der Waals surface area contributed by atoms with Crippen molar-refractivity contribution in [1.29, 1.82) is 0 Å². The van der Waals surface area contributed by atoms with Crippen molar-refractivity contribution in [1.82, 2.24) is 20.2 Å². The Morgan fingerprint density at radius 2 is 1.58 bits per heavy atom. The van der Waals surface area contributed by atoms with Crippen molar-refractivity contribution in [3.8, 4) is 28.3 Å². The smallest absolute Gasteiger partial charge is 0.204 e. The van der Waals surface area contributed by atoms with E-state index in [-0.39, 0.29) is 0 Å². The van der Waals surface area contributed by atoms with E-state index in [1.165, 1.54) is 6.92 Å². The first-order valence-electron chi connectivity index (χ1n) is 7.33. The minimum Gasteiger partial charge on any atom is -0.548 e. The van der Waals surface area contributed by atoms with E-state index in [2.05, 4.69) is 15.4 Å².